The molecule has 1 amide bonds. The third-order valence-corrected chi connectivity index (χ3v) is 5.66. The van der Waals surface area contributed by atoms with Crippen LogP contribution in [-0.4, -0.2) is 34.4 Å². The van der Waals surface area contributed by atoms with E-state index in [1.165, 1.54) is 44.1 Å². The third kappa shape index (κ3) is 8.42. The van der Waals surface area contributed by atoms with Crippen molar-refractivity contribution in [2.75, 3.05) is 0 Å². The minimum atomic E-state index is -1.36. The van der Waals surface area contributed by atoms with Gasteiger partial charge in [0, 0.05) is 6.42 Å². The molecular formula is C25H39NO5. The van der Waals surface area contributed by atoms with Gasteiger partial charge in [-0.25, -0.2) is 9.59 Å². The fraction of sp³-hybridized carbons (Fsp3) is 0.680. The van der Waals surface area contributed by atoms with Gasteiger partial charge in [-0.05, 0) is 64.2 Å². The maximum absolute atomic E-state index is 12.1. The minimum Gasteiger partial charge on any atom is -0.490 e. The number of carboxylic acid groups (broad SMARTS) is 1. The highest BCUT2D eigenvalue weighted by Crippen LogP contribution is 2.33. The first-order valence-electron chi connectivity index (χ1n) is 11.6. The van der Waals surface area contributed by atoms with Gasteiger partial charge in [-0.3, -0.25) is 0 Å². The lowest BCUT2D eigenvalue weighted by Gasteiger charge is -2.28. The molecule has 2 atom stereocenters. The number of alkyl carbamates (subject to hydrolysis) is 1. The summed E-state index contributed by atoms with van der Waals surface area (Å²) in [5, 5.41) is 12.3. The third-order valence-electron chi connectivity index (χ3n) is 5.66. The fourth-order valence-corrected chi connectivity index (χ4v) is 4.00. The Morgan fingerprint density at radius 1 is 1.10 bits per heavy atom. The van der Waals surface area contributed by atoms with Gasteiger partial charge >= 0.3 is 12.1 Å². The lowest BCUT2D eigenvalue weighted by Crippen LogP contribution is -2.54. The highest BCUT2D eigenvalue weighted by Gasteiger charge is 2.48. The van der Waals surface area contributed by atoms with E-state index in [-0.39, 0.29) is 12.5 Å². The molecule has 1 saturated carbocycles. The SMILES string of the molecule is CCCCCCCCc1ccc(OC2CCC(NC(=O)OC(C)(C)C)(C(=O)O)C2)cc1. The number of benzene rings is 1. The Balaban J connectivity index is 1.84. The predicted molar refractivity (Wildman–Crippen MR) is 122 cm³/mol. The van der Waals surface area contributed by atoms with Gasteiger partial charge in [0.1, 0.15) is 23.0 Å². The minimum absolute atomic E-state index is 0.209. The molecule has 174 valence electrons. The van der Waals surface area contributed by atoms with Crippen LogP contribution in [0.4, 0.5) is 4.79 Å². The number of hydrogen-bond donors (Lipinski definition) is 2. The second-order valence-corrected chi connectivity index (χ2v) is 9.66. The van der Waals surface area contributed by atoms with Crippen LogP contribution in [-0.2, 0) is 16.0 Å². The van der Waals surface area contributed by atoms with Crippen molar-refractivity contribution < 1.29 is 24.2 Å². The van der Waals surface area contributed by atoms with Gasteiger partial charge in [0.25, 0.3) is 0 Å². The number of carboxylic acids is 1. The van der Waals surface area contributed by atoms with Crippen molar-refractivity contribution in [1.82, 2.24) is 5.32 Å². The number of carbonyl (C=O) groups excluding carboxylic acids is 1. The van der Waals surface area contributed by atoms with Crippen LogP contribution in [0.2, 0.25) is 0 Å². The van der Waals surface area contributed by atoms with E-state index in [9.17, 15) is 14.7 Å². The molecule has 1 aromatic rings. The maximum Gasteiger partial charge on any atom is 0.408 e. The van der Waals surface area contributed by atoms with Crippen LogP contribution in [0.3, 0.4) is 0 Å². The number of aliphatic carboxylic acids is 1. The Labute approximate surface area is 186 Å². The normalized spacial score (nSPS) is 21.0. The van der Waals surface area contributed by atoms with Gasteiger partial charge in [0.2, 0.25) is 0 Å². The molecule has 0 spiro atoms. The van der Waals surface area contributed by atoms with Gasteiger partial charge in [-0.2, -0.15) is 0 Å². The molecule has 1 aliphatic rings. The van der Waals surface area contributed by atoms with Crippen molar-refractivity contribution in [2.24, 2.45) is 0 Å². The quantitative estimate of drug-likeness (QED) is 0.426. The number of rotatable bonds is 11. The summed E-state index contributed by atoms with van der Waals surface area (Å²) < 4.78 is 11.3. The Morgan fingerprint density at radius 3 is 2.35 bits per heavy atom. The van der Waals surface area contributed by atoms with Gasteiger partial charge in [-0.1, -0.05) is 51.2 Å². The first-order valence-corrected chi connectivity index (χ1v) is 11.6. The molecule has 0 bridgehead atoms. The van der Waals surface area contributed by atoms with Crippen LogP contribution in [0, 0.1) is 0 Å². The van der Waals surface area contributed by atoms with Crippen LogP contribution in [0.15, 0.2) is 24.3 Å². The van der Waals surface area contributed by atoms with E-state index < -0.39 is 23.2 Å². The number of nitrogens with one attached hydrogen (secondary N) is 1. The van der Waals surface area contributed by atoms with Crippen LogP contribution >= 0.6 is 0 Å². The maximum atomic E-state index is 12.1. The second-order valence-electron chi connectivity index (χ2n) is 9.66. The fourth-order valence-electron chi connectivity index (χ4n) is 4.00. The van der Waals surface area contributed by atoms with Crippen LogP contribution in [0.5, 0.6) is 5.75 Å². The van der Waals surface area contributed by atoms with E-state index in [1.807, 2.05) is 12.1 Å². The van der Waals surface area contributed by atoms with E-state index in [0.29, 0.717) is 12.8 Å². The van der Waals surface area contributed by atoms with Gasteiger partial charge in [0.05, 0.1) is 0 Å². The molecule has 2 rings (SSSR count). The molecule has 2 N–H and O–H groups in total. The van der Waals surface area contributed by atoms with Crippen LogP contribution < -0.4 is 10.1 Å². The van der Waals surface area contributed by atoms with Crippen molar-refractivity contribution in [1.29, 1.82) is 0 Å². The van der Waals surface area contributed by atoms with Gasteiger partial charge in [0.15, 0.2) is 0 Å². The van der Waals surface area contributed by atoms with E-state index >= 15 is 0 Å². The summed E-state index contributed by atoms with van der Waals surface area (Å²) in [4.78, 5) is 24.1. The van der Waals surface area contributed by atoms with Crippen LogP contribution in [0.1, 0.15) is 91.0 Å². The van der Waals surface area contributed by atoms with Crippen LogP contribution in [0.25, 0.3) is 0 Å². The molecule has 0 saturated heterocycles. The number of hydrogen-bond acceptors (Lipinski definition) is 4. The largest absolute Gasteiger partial charge is 0.490 e. The van der Waals surface area contributed by atoms with E-state index in [4.69, 9.17) is 9.47 Å². The first-order chi connectivity index (χ1) is 14.6. The number of unbranched alkanes of at least 4 members (excludes halogenated alkanes) is 5. The van der Waals surface area contributed by atoms with E-state index in [2.05, 4.69) is 24.4 Å². The summed E-state index contributed by atoms with van der Waals surface area (Å²) >= 11 is 0. The molecule has 0 radical (unpaired) electrons. The summed E-state index contributed by atoms with van der Waals surface area (Å²) in [6.45, 7) is 7.47. The molecule has 0 aromatic heterocycles. The zero-order valence-electron chi connectivity index (χ0n) is 19.5. The number of amides is 1. The Kier molecular flexibility index (Phi) is 9.20. The molecule has 6 heteroatoms. The number of aryl methyl sites for hydroxylation is 1. The number of carbonyl (C=O) groups is 2. The summed E-state index contributed by atoms with van der Waals surface area (Å²) in [6, 6.07) is 8.07. The van der Waals surface area contributed by atoms with E-state index in [0.717, 1.165) is 12.2 Å². The summed E-state index contributed by atoms with van der Waals surface area (Å²) in [6.07, 6.45) is 8.85. The average Bonchev–Trinajstić information content (AvgIpc) is 3.08. The molecule has 0 heterocycles. The van der Waals surface area contributed by atoms with Crippen molar-refractivity contribution >= 4 is 12.1 Å². The van der Waals surface area contributed by atoms with Gasteiger partial charge in [-0.15, -0.1) is 0 Å². The standard InChI is InChI=1S/C25H39NO5/c1-5-6-7-8-9-10-11-19-12-14-20(15-13-19)30-21-16-17-25(18-21,22(27)28)26-23(29)31-24(2,3)4/h12-15,21H,5-11,16-18H2,1-4H3,(H,26,29)(H,27,28). The highest BCUT2D eigenvalue weighted by atomic mass is 16.6. The Morgan fingerprint density at radius 2 is 1.74 bits per heavy atom. The molecule has 31 heavy (non-hydrogen) atoms. The lowest BCUT2D eigenvalue weighted by atomic mass is 9.98. The predicted octanol–water partition coefficient (Wildman–Crippen LogP) is 5.87. The van der Waals surface area contributed by atoms with Crippen molar-refractivity contribution in [2.45, 2.75) is 109 Å². The van der Waals surface area contributed by atoms with Crippen molar-refractivity contribution in [3.8, 4) is 5.75 Å². The zero-order valence-corrected chi connectivity index (χ0v) is 19.5. The van der Waals surface area contributed by atoms with Gasteiger partial charge < -0.3 is 19.9 Å². The topological polar surface area (TPSA) is 84.9 Å². The molecule has 2 unspecified atom stereocenters. The summed E-state index contributed by atoms with van der Waals surface area (Å²) in [5.41, 5.74) is -0.749. The molecule has 6 nitrogen and oxygen atoms in total. The highest BCUT2D eigenvalue weighted by molar-refractivity contribution is 5.85. The Hall–Kier alpha value is -2.24. The summed E-state index contributed by atoms with van der Waals surface area (Å²) in [5.74, 6) is -0.325. The second kappa shape index (κ2) is 11.4. The smallest absolute Gasteiger partial charge is 0.408 e. The lowest BCUT2D eigenvalue weighted by molar-refractivity contribution is -0.144. The Bertz CT molecular complexity index is 710. The summed E-state index contributed by atoms with van der Waals surface area (Å²) in [7, 11) is 0. The van der Waals surface area contributed by atoms with Crippen molar-refractivity contribution in [3.63, 3.8) is 0 Å². The zero-order chi connectivity index (χ0) is 22.9. The first kappa shape index (κ1) is 25.0. The molecule has 1 aromatic carbocycles. The van der Waals surface area contributed by atoms with E-state index in [1.54, 1.807) is 20.8 Å². The van der Waals surface area contributed by atoms with Crippen molar-refractivity contribution in [3.05, 3.63) is 29.8 Å². The molecule has 1 fully saturated rings. The average molecular weight is 434 g/mol. The number of ether oxygens (including phenoxy) is 2. The molecule has 0 aliphatic heterocycles. The molecule has 1 aliphatic carbocycles. The molecular weight excluding hydrogens is 394 g/mol. The monoisotopic (exact) mass is 433 g/mol.